The number of carbonyl (C=O) groups is 1. The van der Waals surface area contributed by atoms with E-state index in [9.17, 15) is 13.2 Å². The molecule has 1 saturated heterocycles. The summed E-state index contributed by atoms with van der Waals surface area (Å²) in [6, 6.07) is 0. The number of nitrogens with one attached hydrogen (secondary N) is 1. The predicted molar refractivity (Wildman–Crippen MR) is 66.2 cm³/mol. The number of aliphatic carboxylic acids is 1. The Bertz CT molecular complexity index is 430. The minimum atomic E-state index is -3.55. The second-order valence-corrected chi connectivity index (χ2v) is 7.23. The Balaban J connectivity index is 2.03. The predicted octanol–water partition coefficient (Wildman–Crippen LogP) is 0.560. The zero-order valence-corrected chi connectivity index (χ0v) is 11.4. The molecule has 2 aliphatic rings. The molecule has 2 rings (SSSR count). The SMILES string of the molecule is CC1(NS(=O)(=O)N2CCCC(C(=O)O)C2)CCC1. The highest BCUT2D eigenvalue weighted by molar-refractivity contribution is 7.87. The van der Waals surface area contributed by atoms with Crippen molar-refractivity contribution in [3.05, 3.63) is 0 Å². The minimum Gasteiger partial charge on any atom is -0.481 e. The van der Waals surface area contributed by atoms with Crippen molar-refractivity contribution >= 4 is 16.2 Å². The van der Waals surface area contributed by atoms with Gasteiger partial charge < -0.3 is 5.11 Å². The van der Waals surface area contributed by atoms with Gasteiger partial charge in [-0.2, -0.15) is 17.4 Å². The van der Waals surface area contributed by atoms with Crippen molar-refractivity contribution in [1.29, 1.82) is 0 Å². The lowest BCUT2D eigenvalue weighted by Crippen LogP contribution is -2.57. The van der Waals surface area contributed by atoms with Crippen LogP contribution in [-0.2, 0) is 15.0 Å². The third-order valence-electron chi connectivity index (χ3n) is 3.91. The number of carboxylic acid groups (broad SMARTS) is 1. The summed E-state index contributed by atoms with van der Waals surface area (Å²) in [5.41, 5.74) is -0.338. The van der Waals surface area contributed by atoms with E-state index >= 15 is 0 Å². The van der Waals surface area contributed by atoms with Crippen LogP contribution in [0.5, 0.6) is 0 Å². The van der Waals surface area contributed by atoms with Gasteiger partial charge in [-0.1, -0.05) is 0 Å². The molecule has 6 nitrogen and oxygen atoms in total. The lowest BCUT2D eigenvalue weighted by molar-refractivity contribution is -0.142. The standard InChI is InChI=1S/C11H20N2O4S/c1-11(5-3-6-11)12-18(16,17)13-7-2-4-9(8-13)10(14)15/h9,12H,2-8H2,1H3,(H,14,15). The van der Waals surface area contributed by atoms with Crippen molar-refractivity contribution in [3.8, 4) is 0 Å². The lowest BCUT2D eigenvalue weighted by atomic mass is 9.80. The zero-order valence-electron chi connectivity index (χ0n) is 10.6. The average Bonchev–Trinajstić information content (AvgIpc) is 2.26. The van der Waals surface area contributed by atoms with Crippen molar-refractivity contribution in [3.63, 3.8) is 0 Å². The van der Waals surface area contributed by atoms with Crippen molar-refractivity contribution < 1.29 is 18.3 Å². The lowest BCUT2D eigenvalue weighted by Gasteiger charge is -2.41. The van der Waals surface area contributed by atoms with Crippen molar-refractivity contribution in [2.45, 2.75) is 44.6 Å². The van der Waals surface area contributed by atoms with Crippen LogP contribution in [0, 0.1) is 5.92 Å². The molecule has 7 heteroatoms. The summed E-state index contributed by atoms with van der Waals surface area (Å²) in [6.45, 7) is 2.39. The van der Waals surface area contributed by atoms with Gasteiger partial charge in [-0.25, -0.2) is 0 Å². The maximum Gasteiger partial charge on any atom is 0.307 e. The molecule has 0 radical (unpaired) electrons. The summed E-state index contributed by atoms with van der Waals surface area (Å²) < 4.78 is 28.3. The van der Waals surface area contributed by atoms with Gasteiger partial charge in [0.25, 0.3) is 10.2 Å². The summed E-state index contributed by atoms with van der Waals surface area (Å²) in [7, 11) is -3.55. The molecular weight excluding hydrogens is 256 g/mol. The van der Waals surface area contributed by atoms with Crippen LogP contribution in [0.25, 0.3) is 0 Å². The van der Waals surface area contributed by atoms with Gasteiger partial charge >= 0.3 is 5.97 Å². The molecule has 1 atom stereocenters. The number of rotatable bonds is 4. The van der Waals surface area contributed by atoms with Crippen LogP contribution in [0.2, 0.25) is 0 Å². The largest absolute Gasteiger partial charge is 0.481 e. The zero-order chi connectivity index (χ0) is 13.4. The molecule has 1 aliphatic carbocycles. The first-order valence-electron chi connectivity index (χ1n) is 6.34. The summed E-state index contributed by atoms with van der Waals surface area (Å²) in [5, 5.41) is 8.97. The van der Waals surface area contributed by atoms with Crippen LogP contribution in [-0.4, -0.2) is 42.4 Å². The maximum atomic E-state index is 12.2. The molecule has 18 heavy (non-hydrogen) atoms. The smallest absolute Gasteiger partial charge is 0.307 e. The summed E-state index contributed by atoms with van der Waals surface area (Å²) >= 11 is 0. The van der Waals surface area contributed by atoms with Gasteiger partial charge in [-0.3, -0.25) is 4.79 Å². The van der Waals surface area contributed by atoms with E-state index in [-0.39, 0.29) is 12.1 Å². The van der Waals surface area contributed by atoms with E-state index < -0.39 is 22.1 Å². The van der Waals surface area contributed by atoms with Gasteiger partial charge in [-0.15, -0.1) is 0 Å². The fraction of sp³-hybridized carbons (Fsp3) is 0.909. The van der Waals surface area contributed by atoms with E-state index in [1.165, 1.54) is 4.31 Å². The first-order valence-corrected chi connectivity index (χ1v) is 7.78. The average molecular weight is 276 g/mol. The summed E-state index contributed by atoms with van der Waals surface area (Å²) in [4.78, 5) is 10.9. The number of nitrogens with zero attached hydrogens (tertiary/aromatic N) is 1. The summed E-state index contributed by atoms with van der Waals surface area (Å²) in [5.74, 6) is -1.49. The Kier molecular flexibility index (Phi) is 3.66. The molecule has 1 unspecified atom stereocenters. The Morgan fingerprint density at radius 1 is 1.39 bits per heavy atom. The molecule has 1 heterocycles. The number of carboxylic acids is 1. The first-order chi connectivity index (χ1) is 8.32. The maximum absolute atomic E-state index is 12.2. The Morgan fingerprint density at radius 3 is 2.56 bits per heavy atom. The minimum absolute atomic E-state index is 0.0841. The van der Waals surface area contributed by atoms with Gasteiger partial charge in [0.2, 0.25) is 0 Å². The van der Waals surface area contributed by atoms with Gasteiger partial charge in [0.05, 0.1) is 5.92 Å². The molecule has 2 fully saturated rings. The second-order valence-electron chi connectivity index (χ2n) is 5.56. The van der Waals surface area contributed by atoms with E-state index in [0.29, 0.717) is 19.4 Å². The first kappa shape index (κ1) is 13.8. The van der Waals surface area contributed by atoms with Gasteiger partial charge in [0, 0.05) is 18.6 Å². The Hall–Kier alpha value is -0.660. The molecule has 104 valence electrons. The van der Waals surface area contributed by atoms with E-state index in [1.54, 1.807) is 0 Å². The highest BCUT2D eigenvalue weighted by Crippen LogP contribution is 2.32. The van der Waals surface area contributed by atoms with E-state index in [1.807, 2.05) is 6.92 Å². The fourth-order valence-electron chi connectivity index (χ4n) is 2.55. The van der Waals surface area contributed by atoms with Gasteiger partial charge in [0.15, 0.2) is 0 Å². The van der Waals surface area contributed by atoms with Crippen LogP contribution in [0.1, 0.15) is 39.0 Å². The molecule has 0 spiro atoms. The topological polar surface area (TPSA) is 86.7 Å². The molecule has 0 aromatic rings. The Labute approximate surface area is 108 Å². The third kappa shape index (κ3) is 2.84. The van der Waals surface area contributed by atoms with Crippen LogP contribution in [0.3, 0.4) is 0 Å². The molecule has 0 aromatic heterocycles. The molecule has 0 aromatic carbocycles. The van der Waals surface area contributed by atoms with Crippen LogP contribution >= 0.6 is 0 Å². The molecule has 1 aliphatic heterocycles. The highest BCUT2D eigenvalue weighted by Gasteiger charge is 2.39. The van der Waals surface area contributed by atoms with E-state index in [4.69, 9.17) is 5.11 Å². The Morgan fingerprint density at radius 2 is 2.06 bits per heavy atom. The van der Waals surface area contributed by atoms with Crippen molar-refractivity contribution in [2.75, 3.05) is 13.1 Å². The third-order valence-corrected chi connectivity index (χ3v) is 5.67. The number of piperidine rings is 1. The van der Waals surface area contributed by atoms with Crippen molar-refractivity contribution in [2.24, 2.45) is 5.92 Å². The van der Waals surface area contributed by atoms with Crippen LogP contribution < -0.4 is 4.72 Å². The van der Waals surface area contributed by atoms with E-state index in [2.05, 4.69) is 4.72 Å². The summed E-state index contributed by atoms with van der Waals surface area (Å²) in [6.07, 6.45) is 3.90. The second kappa shape index (κ2) is 4.79. The van der Waals surface area contributed by atoms with Crippen molar-refractivity contribution in [1.82, 2.24) is 9.03 Å². The number of hydrogen-bond acceptors (Lipinski definition) is 3. The molecule has 1 saturated carbocycles. The monoisotopic (exact) mass is 276 g/mol. The van der Waals surface area contributed by atoms with Crippen LogP contribution in [0.4, 0.5) is 0 Å². The van der Waals surface area contributed by atoms with E-state index in [0.717, 1.165) is 19.3 Å². The molecule has 0 amide bonds. The van der Waals surface area contributed by atoms with Gasteiger partial charge in [-0.05, 0) is 39.0 Å². The number of hydrogen-bond donors (Lipinski definition) is 2. The normalized spacial score (nSPS) is 28.6. The quantitative estimate of drug-likeness (QED) is 0.785. The van der Waals surface area contributed by atoms with Crippen LogP contribution in [0.15, 0.2) is 0 Å². The van der Waals surface area contributed by atoms with Gasteiger partial charge in [0.1, 0.15) is 0 Å². The highest BCUT2D eigenvalue weighted by atomic mass is 32.2. The molecule has 2 N–H and O–H groups in total. The molecular formula is C11H20N2O4S. The fourth-order valence-corrected chi connectivity index (χ4v) is 4.25. The molecule has 0 bridgehead atoms.